The Hall–Kier alpha value is -3.06. The van der Waals surface area contributed by atoms with Gasteiger partial charge in [-0.25, -0.2) is 9.59 Å². The summed E-state index contributed by atoms with van der Waals surface area (Å²) in [6.45, 7) is 1.43. The maximum absolute atomic E-state index is 12.9. The molecule has 1 amide bonds. The minimum Gasteiger partial charge on any atom is -0.465 e. The topological polar surface area (TPSA) is 84.9 Å². The number of nitrogens with one attached hydrogen (secondary N) is 1. The lowest BCUT2D eigenvalue weighted by Crippen LogP contribution is -2.38. The molecule has 0 aliphatic carbocycles. The van der Waals surface area contributed by atoms with Crippen molar-refractivity contribution in [3.8, 4) is 0 Å². The maximum Gasteiger partial charge on any atom is 0.339 e. The number of piperidine rings is 1. The van der Waals surface area contributed by atoms with Crippen LogP contribution in [0.25, 0.3) is 0 Å². The summed E-state index contributed by atoms with van der Waals surface area (Å²) in [7, 11) is 2.52. The molecular weight excluding hydrogens is 408 g/mol. The van der Waals surface area contributed by atoms with Gasteiger partial charge in [-0.15, -0.1) is 0 Å². The molecule has 1 saturated heterocycles. The number of nitrogens with zero attached hydrogens (tertiary/aromatic N) is 1. The molecule has 0 unspecified atom stereocenters. The van der Waals surface area contributed by atoms with E-state index < -0.39 is 11.9 Å². The van der Waals surface area contributed by atoms with Gasteiger partial charge in [-0.1, -0.05) is 17.7 Å². The Bertz CT molecular complexity index is 954. The lowest BCUT2D eigenvalue weighted by molar-refractivity contribution is -0.120. The molecule has 8 heteroatoms. The predicted molar refractivity (Wildman–Crippen MR) is 114 cm³/mol. The van der Waals surface area contributed by atoms with Crippen molar-refractivity contribution in [1.82, 2.24) is 0 Å². The van der Waals surface area contributed by atoms with Gasteiger partial charge in [-0.2, -0.15) is 0 Å². The highest BCUT2D eigenvalue weighted by molar-refractivity contribution is 6.30. The number of carbonyl (C=O) groups excluding carboxylic acids is 3. The fourth-order valence-electron chi connectivity index (χ4n) is 3.49. The predicted octanol–water partition coefficient (Wildman–Crippen LogP) is 3.77. The van der Waals surface area contributed by atoms with Crippen LogP contribution in [0, 0.1) is 5.92 Å². The van der Waals surface area contributed by atoms with Crippen LogP contribution in [0.4, 0.5) is 11.4 Å². The van der Waals surface area contributed by atoms with Crippen LogP contribution in [-0.2, 0) is 14.3 Å². The normalized spacial score (nSPS) is 14.2. The van der Waals surface area contributed by atoms with Crippen molar-refractivity contribution in [3.05, 3.63) is 58.6 Å². The highest BCUT2D eigenvalue weighted by atomic mass is 35.5. The first kappa shape index (κ1) is 21.6. The first-order valence-corrected chi connectivity index (χ1v) is 9.92. The SMILES string of the molecule is COC(=O)c1ccc(C(=O)OC)c(NC(=O)C2CCN(c3cccc(Cl)c3)CC2)c1. The third kappa shape index (κ3) is 4.91. The molecule has 158 valence electrons. The number of hydrogen-bond acceptors (Lipinski definition) is 6. The van der Waals surface area contributed by atoms with Gasteiger partial charge in [-0.05, 0) is 49.2 Å². The monoisotopic (exact) mass is 430 g/mol. The number of amides is 1. The van der Waals surface area contributed by atoms with Crippen LogP contribution in [0.5, 0.6) is 0 Å². The quantitative estimate of drug-likeness (QED) is 0.727. The second-order valence-electron chi connectivity index (χ2n) is 6.97. The standard InChI is InChI=1S/C22H23ClN2O5/c1-29-21(27)15-6-7-18(22(28)30-2)19(12-15)24-20(26)14-8-10-25(11-9-14)17-5-3-4-16(23)13-17/h3-7,12-14H,8-11H2,1-2H3,(H,24,26). The van der Waals surface area contributed by atoms with Crippen molar-refractivity contribution in [3.63, 3.8) is 0 Å². The molecule has 0 radical (unpaired) electrons. The molecule has 1 aliphatic heterocycles. The first-order valence-electron chi connectivity index (χ1n) is 9.55. The summed E-state index contributed by atoms with van der Waals surface area (Å²) >= 11 is 6.07. The molecular formula is C22H23ClN2O5. The zero-order valence-electron chi connectivity index (χ0n) is 16.8. The molecule has 3 rings (SSSR count). The summed E-state index contributed by atoms with van der Waals surface area (Å²) in [5.74, 6) is -1.57. The molecule has 1 fully saturated rings. The van der Waals surface area contributed by atoms with Gasteiger partial charge in [0.1, 0.15) is 0 Å². The summed E-state index contributed by atoms with van der Waals surface area (Å²) in [6, 6.07) is 11.9. The highest BCUT2D eigenvalue weighted by Crippen LogP contribution is 2.27. The number of ether oxygens (including phenoxy) is 2. The van der Waals surface area contributed by atoms with Gasteiger partial charge in [0, 0.05) is 29.7 Å². The van der Waals surface area contributed by atoms with Gasteiger partial charge < -0.3 is 19.7 Å². The van der Waals surface area contributed by atoms with Crippen molar-refractivity contribution >= 4 is 40.8 Å². The Morgan fingerprint density at radius 2 is 1.70 bits per heavy atom. The summed E-state index contributed by atoms with van der Waals surface area (Å²) in [4.78, 5) is 38.9. The van der Waals surface area contributed by atoms with Crippen LogP contribution in [-0.4, -0.2) is 45.2 Å². The number of benzene rings is 2. The van der Waals surface area contributed by atoms with Crippen LogP contribution in [0.3, 0.4) is 0 Å². The maximum atomic E-state index is 12.9. The molecule has 0 saturated carbocycles. The molecule has 0 atom stereocenters. The number of methoxy groups -OCH3 is 2. The van der Waals surface area contributed by atoms with Crippen LogP contribution in [0.15, 0.2) is 42.5 Å². The molecule has 2 aromatic rings. The zero-order chi connectivity index (χ0) is 21.7. The fraction of sp³-hybridized carbons (Fsp3) is 0.318. The van der Waals surface area contributed by atoms with Gasteiger partial charge in [0.2, 0.25) is 5.91 Å². The van der Waals surface area contributed by atoms with Gasteiger partial charge in [0.25, 0.3) is 0 Å². The molecule has 2 aromatic carbocycles. The Labute approximate surface area is 179 Å². The molecule has 0 bridgehead atoms. The van der Waals surface area contributed by atoms with Crippen LogP contribution >= 0.6 is 11.6 Å². The van der Waals surface area contributed by atoms with E-state index >= 15 is 0 Å². The molecule has 1 heterocycles. The number of rotatable bonds is 5. The Morgan fingerprint density at radius 3 is 2.33 bits per heavy atom. The Morgan fingerprint density at radius 1 is 1.00 bits per heavy atom. The van der Waals surface area contributed by atoms with E-state index in [2.05, 4.69) is 10.2 Å². The molecule has 30 heavy (non-hydrogen) atoms. The molecule has 0 spiro atoms. The fourth-order valence-corrected chi connectivity index (χ4v) is 3.67. The molecule has 1 N–H and O–H groups in total. The molecule has 1 aliphatic rings. The van der Waals surface area contributed by atoms with E-state index in [0.29, 0.717) is 31.0 Å². The average molecular weight is 431 g/mol. The Balaban J connectivity index is 1.71. The van der Waals surface area contributed by atoms with Crippen LogP contribution in [0.1, 0.15) is 33.6 Å². The van der Waals surface area contributed by atoms with E-state index in [1.807, 2.05) is 24.3 Å². The van der Waals surface area contributed by atoms with Crippen LogP contribution in [0.2, 0.25) is 5.02 Å². The van der Waals surface area contributed by atoms with E-state index in [9.17, 15) is 14.4 Å². The van der Waals surface area contributed by atoms with Gasteiger partial charge >= 0.3 is 11.9 Å². The highest BCUT2D eigenvalue weighted by Gasteiger charge is 2.27. The lowest BCUT2D eigenvalue weighted by atomic mass is 9.95. The number of anilines is 2. The number of esters is 2. The van der Waals surface area contributed by atoms with E-state index in [0.717, 1.165) is 5.69 Å². The van der Waals surface area contributed by atoms with Crippen LogP contribution < -0.4 is 10.2 Å². The minimum absolute atomic E-state index is 0.176. The second kappa shape index (κ2) is 9.63. The third-order valence-electron chi connectivity index (χ3n) is 5.14. The average Bonchev–Trinajstić information content (AvgIpc) is 2.78. The summed E-state index contributed by atoms with van der Waals surface area (Å²) in [5, 5.41) is 3.47. The summed E-state index contributed by atoms with van der Waals surface area (Å²) < 4.78 is 9.50. The minimum atomic E-state index is -0.600. The van der Waals surface area contributed by atoms with E-state index in [1.165, 1.54) is 32.4 Å². The number of halogens is 1. The second-order valence-corrected chi connectivity index (χ2v) is 7.41. The third-order valence-corrected chi connectivity index (χ3v) is 5.38. The molecule has 7 nitrogen and oxygen atoms in total. The molecule has 0 aromatic heterocycles. The van der Waals surface area contributed by atoms with Gasteiger partial charge in [0.15, 0.2) is 0 Å². The van der Waals surface area contributed by atoms with Crippen molar-refractivity contribution < 1.29 is 23.9 Å². The largest absolute Gasteiger partial charge is 0.465 e. The number of hydrogen-bond donors (Lipinski definition) is 1. The van der Waals surface area contributed by atoms with E-state index in [1.54, 1.807) is 0 Å². The van der Waals surface area contributed by atoms with E-state index in [4.69, 9.17) is 21.1 Å². The van der Waals surface area contributed by atoms with Crippen molar-refractivity contribution in [2.24, 2.45) is 5.92 Å². The summed E-state index contributed by atoms with van der Waals surface area (Å²) in [6.07, 6.45) is 1.31. The lowest BCUT2D eigenvalue weighted by Gasteiger charge is -2.33. The zero-order valence-corrected chi connectivity index (χ0v) is 17.6. The Kier molecular flexibility index (Phi) is 6.95. The van der Waals surface area contributed by atoms with Crippen molar-refractivity contribution in [2.45, 2.75) is 12.8 Å². The first-order chi connectivity index (χ1) is 14.4. The smallest absolute Gasteiger partial charge is 0.339 e. The van der Waals surface area contributed by atoms with Gasteiger partial charge in [0.05, 0.1) is 31.0 Å². The summed E-state index contributed by atoms with van der Waals surface area (Å²) in [5.41, 5.74) is 1.67. The van der Waals surface area contributed by atoms with Gasteiger partial charge in [-0.3, -0.25) is 4.79 Å². The van der Waals surface area contributed by atoms with Crippen molar-refractivity contribution in [2.75, 3.05) is 37.5 Å². The van der Waals surface area contributed by atoms with E-state index in [-0.39, 0.29) is 28.6 Å². The van der Waals surface area contributed by atoms with Crippen molar-refractivity contribution in [1.29, 1.82) is 0 Å². The number of carbonyl (C=O) groups is 3.